The fraction of sp³-hybridized carbons (Fsp3) is 0.444. The van der Waals surface area contributed by atoms with Crippen LogP contribution in [0, 0.1) is 19.7 Å². The summed E-state index contributed by atoms with van der Waals surface area (Å²) in [6.45, 7) is 8.88. The Morgan fingerprint density at radius 3 is 2.40 bits per heavy atom. The number of hydrogen-bond acceptors (Lipinski definition) is 4. The molecule has 134 valence electrons. The topological polar surface area (TPSA) is 64.3 Å². The van der Waals surface area contributed by atoms with Crippen molar-refractivity contribution < 1.29 is 9.18 Å². The minimum Gasteiger partial charge on any atom is -0.369 e. The van der Waals surface area contributed by atoms with Gasteiger partial charge in [0.2, 0.25) is 5.91 Å². The van der Waals surface area contributed by atoms with E-state index in [-0.39, 0.29) is 17.8 Å². The first kappa shape index (κ1) is 17.4. The maximum atomic E-state index is 13.0. The molecule has 1 saturated heterocycles. The summed E-state index contributed by atoms with van der Waals surface area (Å²) >= 11 is 0. The van der Waals surface area contributed by atoms with E-state index in [1.165, 1.54) is 12.1 Å². The quantitative estimate of drug-likeness (QED) is 0.893. The third-order valence-corrected chi connectivity index (χ3v) is 4.81. The number of aromatic nitrogens is 2. The van der Waals surface area contributed by atoms with Crippen LogP contribution in [-0.4, -0.2) is 53.2 Å². The summed E-state index contributed by atoms with van der Waals surface area (Å²) < 4.78 is 13.0. The minimum absolute atomic E-state index is 0.0252. The van der Waals surface area contributed by atoms with Gasteiger partial charge in [0.25, 0.3) is 0 Å². The molecule has 1 atom stereocenters. The Labute approximate surface area is 147 Å². The molecule has 25 heavy (non-hydrogen) atoms. The van der Waals surface area contributed by atoms with Crippen molar-refractivity contribution in [2.75, 3.05) is 36.4 Å². The number of nitrogens with zero attached hydrogens (tertiary/aromatic N) is 3. The highest BCUT2D eigenvalue weighted by Crippen LogP contribution is 2.20. The number of carbonyl (C=O) groups excluding carboxylic acids is 1. The molecule has 1 aromatic carbocycles. The first-order chi connectivity index (χ1) is 12.0. The molecule has 3 rings (SSSR count). The molecule has 0 bridgehead atoms. The third-order valence-electron chi connectivity index (χ3n) is 4.81. The van der Waals surface area contributed by atoms with Gasteiger partial charge in [-0.05, 0) is 45.0 Å². The van der Waals surface area contributed by atoms with Crippen molar-refractivity contribution in [1.82, 2.24) is 15.1 Å². The number of carbonyl (C=O) groups is 1. The van der Waals surface area contributed by atoms with Crippen molar-refractivity contribution in [2.45, 2.75) is 26.8 Å². The van der Waals surface area contributed by atoms with E-state index in [0.717, 1.165) is 48.9 Å². The van der Waals surface area contributed by atoms with Gasteiger partial charge in [0.15, 0.2) is 0 Å². The van der Waals surface area contributed by atoms with Crippen molar-refractivity contribution in [2.24, 2.45) is 0 Å². The van der Waals surface area contributed by atoms with Crippen LogP contribution >= 0.6 is 0 Å². The van der Waals surface area contributed by atoms with Crippen molar-refractivity contribution in [3.05, 3.63) is 41.5 Å². The van der Waals surface area contributed by atoms with Crippen LogP contribution in [-0.2, 0) is 4.79 Å². The molecule has 1 amide bonds. The minimum atomic E-state index is -0.225. The Kier molecular flexibility index (Phi) is 5.03. The van der Waals surface area contributed by atoms with E-state index in [1.807, 2.05) is 20.8 Å². The number of anilines is 2. The zero-order valence-electron chi connectivity index (χ0n) is 14.8. The van der Waals surface area contributed by atoms with Gasteiger partial charge in [-0.15, -0.1) is 0 Å². The van der Waals surface area contributed by atoms with E-state index >= 15 is 0 Å². The number of aryl methyl sites for hydroxylation is 2. The molecular weight excluding hydrogens is 321 g/mol. The van der Waals surface area contributed by atoms with Crippen LogP contribution in [0.2, 0.25) is 0 Å². The Balaban J connectivity index is 1.56. The van der Waals surface area contributed by atoms with Gasteiger partial charge in [-0.25, -0.2) is 4.39 Å². The van der Waals surface area contributed by atoms with E-state index in [4.69, 9.17) is 0 Å². The molecule has 0 aliphatic carbocycles. The highest BCUT2D eigenvalue weighted by atomic mass is 19.1. The summed E-state index contributed by atoms with van der Waals surface area (Å²) in [5.41, 5.74) is 3.43. The van der Waals surface area contributed by atoms with Gasteiger partial charge in [0.05, 0.1) is 23.1 Å². The predicted octanol–water partition coefficient (Wildman–Crippen LogP) is 2.31. The van der Waals surface area contributed by atoms with E-state index in [9.17, 15) is 9.18 Å². The number of piperazine rings is 1. The van der Waals surface area contributed by atoms with Crippen molar-refractivity contribution in [3.8, 4) is 0 Å². The van der Waals surface area contributed by atoms with Crippen molar-refractivity contribution in [1.29, 1.82) is 0 Å². The van der Waals surface area contributed by atoms with Gasteiger partial charge in [-0.1, -0.05) is 0 Å². The Morgan fingerprint density at radius 1 is 1.20 bits per heavy atom. The summed E-state index contributed by atoms with van der Waals surface area (Å²) in [5.74, 6) is -0.250. The van der Waals surface area contributed by atoms with Crippen LogP contribution in [0.1, 0.15) is 18.3 Å². The molecule has 6 nitrogen and oxygen atoms in total. The molecule has 1 aromatic heterocycles. The summed E-state index contributed by atoms with van der Waals surface area (Å²) in [6, 6.07) is 6.34. The maximum Gasteiger partial charge on any atom is 0.241 e. The average Bonchev–Trinajstić information content (AvgIpc) is 2.94. The first-order valence-electron chi connectivity index (χ1n) is 8.52. The fourth-order valence-electron chi connectivity index (χ4n) is 3.15. The lowest BCUT2D eigenvalue weighted by Crippen LogP contribution is -2.52. The summed E-state index contributed by atoms with van der Waals surface area (Å²) in [5, 5.41) is 9.96. The van der Waals surface area contributed by atoms with Crippen LogP contribution in [0.15, 0.2) is 24.3 Å². The van der Waals surface area contributed by atoms with Gasteiger partial charge in [-0.3, -0.25) is 14.8 Å². The van der Waals surface area contributed by atoms with Gasteiger partial charge >= 0.3 is 0 Å². The smallest absolute Gasteiger partial charge is 0.241 e. The highest BCUT2D eigenvalue weighted by Gasteiger charge is 2.26. The summed E-state index contributed by atoms with van der Waals surface area (Å²) in [6.07, 6.45) is 0. The summed E-state index contributed by atoms with van der Waals surface area (Å²) in [7, 11) is 0. The molecule has 0 unspecified atom stereocenters. The number of rotatable bonds is 4. The zero-order chi connectivity index (χ0) is 18.0. The molecule has 1 fully saturated rings. The highest BCUT2D eigenvalue weighted by molar-refractivity contribution is 5.95. The number of amides is 1. The molecule has 0 spiro atoms. The SMILES string of the molecule is Cc1n[nH]c(C)c1NC(=O)[C@@H](C)N1CCN(c2ccc(F)cc2)CC1. The van der Waals surface area contributed by atoms with E-state index in [1.54, 1.807) is 12.1 Å². The number of nitrogens with one attached hydrogen (secondary N) is 2. The fourth-order valence-corrected chi connectivity index (χ4v) is 3.15. The first-order valence-corrected chi connectivity index (χ1v) is 8.52. The normalized spacial score (nSPS) is 16.7. The monoisotopic (exact) mass is 345 g/mol. The molecule has 7 heteroatoms. The number of halogens is 1. The van der Waals surface area contributed by atoms with Gasteiger partial charge in [-0.2, -0.15) is 5.10 Å². The van der Waals surface area contributed by atoms with Crippen LogP contribution in [0.5, 0.6) is 0 Å². The largest absolute Gasteiger partial charge is 0.369 e. The Morgan fingerprint density at radius 2 is 1.84 bits per heavy atom. The van der Waals surface area contributed by atoms with Crippen molar-refractivity contribution in [3.63, 3.8) is 0 Å². The predicted molar refractivity (Wildman–Crippen MR) is 96.3 cm³/mol. The van der Waals surface area contributed by atoms with Crippen LogP contribution in [0.4, 0.5) is 15.8 Å². The molecular formula is C18H24FN5O. The second kappa shape index (κ2) is 7.23. The molecule has 2 heterocycles. The number of aromatic amines is 1. The second-order valence-electron chi connectivity index (χ2n) is 6.47. The van der Waals surface area contributed by atoms with Crippen LogP contribution in [0.25, 0.3) is 0 Å². The van der Waals surface area contributed by atoms with Crippen molar-refractivity contribution >= 4 is 17.3 Å². The summed E-state index contributed by atoms with van der Waals surface area (Å²) in [4.78, 5) is 16.9. The van der Waals surface area contributed by atoms with Gasteiger partial charge in [0.1, 0.15) is 5.82 Å². The lowest BCUT2D eigenvalue weighted by Gasteiger charge is -2.38. The van der Waals surface area contributed by atoms with E-state index < -0.39 is 0 Å². The number of hydrogen-bond donors (Lipinski definition) is 2. The third kappa shape index (κ3) is 3.82. The van der Waals surface area contributed by atoms with E-state index in [0.29, 0.717) is 0 Å². The molecule has 2 aromatic rings. The lowest BCUT2D eigenvalue weighted by atomic mass is 10.2. The zero-order valence-corrected chi connectivity index (χ0v) is 14.8. The van der Waals surface area contributed by atoms with Crippen LogP contribution < -0.4 is 10.2 Å². The second-order valence-corrected chi connectivity index (χ2v) is 6.47. The number of benzene rings is 1. The van der Waals surface area contributed by atoms with E-state index in [2.05, 4.69) is 25.3 Å². The average molecular weight is 345 g/mol. The number of H-pyrrole nitrogens is 1. The molecule has 2 N–H and O–H groups in total. The lowest BCUT2D eigenvalue weighted by molar-refractivity contribution is -0.120. The molecule has 0 radical (unpaired) electrons. The molecule has 0 saturated carbocycles. The Hall–Kier alpha value is -2.41. The molecule has 1 aliphatic heterocycles. The standard InChI is InChI=1S/C18H24FN5O/c1-12-17(13(2)22-21-12)20-18(25)14(3)23-8-10-24(11-9-23)16-6-4-15(19)5-7-16/h4-7,14H,8-11H2,1-3H3,(H,20,25)(H,21,22)/t14-/m1/s1. The maximum absolute atomic E-state index is 13.0. The Bertz CT molecular complexity index is 715. The van der Waals surface area contributed by atoms with Gasteiger partial charge in [0, 0.05) is 31.9 Å². The molecule has 1 aliphatic rings. The van der Waals surface area contributed by atoms with Gasteiger partial charge < -0.3 is 10.2 Å². The van der Waals surface area contributed by atoms with Crippen LogP contribution in [0.3, 0.4) is 0 Å².